The Kier molecular flexibility index (Phi) is 4.54. The van der Waals surface area contributed by atoms with Crippen LogP contribution in [-0.4, -0.2) is 49.8 Å². The van der Waals surface area contributed by atoms with Gasteiger partial charge in [-0.15, -0.1) is 0 Å². The highest BCUT2D eigenvalue weighted by Gasteiger charge is 2.45. The van der Waals surface area contributed by atoms with Gasteiger partial charge in [-0.25, -0.2) is 9.36 Å². The second-order valence-corrected chi connectivity index (χ2v) is 5.61. The van der Waals surface area contributed by atoms with Gasteiger partial charge in [-0.3, -0.25) is 9.78 Å². The first-order valence-corrected chi connectivity index (χ1v) is 7.29. The van der Waals surface area contributed by atoms with Crippen molar-refractivity contribution < 1.29 is 38.9 Å². The maximum absolute atomic E-state index is 11.6. The van der Waals surface area contributed by atoms with Gasteiger partial charge in [-0.1, -0.05) is 0 Å². The number of aliphatic hydroxyl groups excluding tert-OH is 2. The molecular weight excluding hydrogens is 327 g/mol. The molecule has 1 aromatic rings. The van der Waals surface area contributed by atoms with E-state index in [1.165, 1.54) is 0 Å². The van der Waals surface area contributed by atoms with Crippen LogP contribution in [0.3, 0.4) is 0 Å². The minimum atomic E-state index is -5.32. The Labute approximate surface area is 121 Å². The fourth-order valence-corrected chi connectivity index (χ4v) is 2.31. The Balaban J connectivity index is 2.26. The lowest BCUT2D eigenvalue weighted by atomic mass is 10.1. The Morgan fingerprint density at radius 3 is 2.55 bits per heavy atom. The molecular formula is C9H11N2O10P-2. The molecule has 0 aliphatic carbocycles. The summed E-state index contributed by atoms with van der Waals surface area (Å²) >= 11 is 0. The number of phosphoric ester groups is 1. The minimum absolute atomic E-state index is 0.448. The molecule has 4 atom stereocenters. The molecule has 0 bridgehead atoms. The van der Waals surface area contributed by atoms with E-state index in [2.05, 4.69) is 4.52 Å². The smallest absolute Gasteiger partial charge is 0.333 e. The number of aromatic amines is 1. The van der Waals surface area contributed by atoms with Gasteiger partial charge in [-0.05, 0) is 0 Å². The zero-order valence-corrected chi connectivity index (χ0v) is 11.6. The summed E-state index contributed by atoms with van der Waals surface area (Å²) in [4.78, 5) is 45.2. The Hall–Kier alpha value is -1.53. The number of hydrogen-bond acceptors (Lipinski definition) is 10. The van der Waals surface area contributed by atoms with Gasteiger partial charge in [-0.2, -0.15) is 0 Å². The average molecular weight is 338 g/mol. The molecule has 0 amide bonds. The maximum atomic E-state index is 11.6. The van der Waals surface area contributed by atoms with Crippen LogP contribution in [0.4, 0.5) is 0 Å². The zero-order valence-electron chi connectivity index (χ0n) is 10.7. The van der Waals surface area contributed by atoms with E-state index in [1.807, 2.05) is 0 Å². The summed E-state index contributed by atoms with van der Waals surface area (Å²) in [6.45, 7) is -0.891. The Bertz CT molecular complexity index is 707. The molecule has 1 fully saturated rings. The van der Waals surface area contributed by atoms with E-state index >= 15 is 0 Å². The first kappa shape index (κ1) is 16.8. The molecule has 4 N–H and O–H groups in total. The van der Waals surface area contributed by atoms with Gasteiger partial charge in [0.05, 0.1) is 20.5 Å². The fourth-order valence-electron chi connectivity index (χ4n) is 1.98. The second kappa shape index (κ2) is 5.93. The van der Waals surface area contributed by atoms with Gasteiger partial charge >= 0.3 is 5.69 Å². The van der Waals surface area contributed by atoms with Crippen molar-refractivity contribution in [2.24, 2.45) is 0 Å². The third-order valence-corrected chi connectivity index (χ3v) is 3.41. The number of ether oxygens (including phenoxy) is 1. The zero-order chi connectivity index (χ0) is 16.7. The molecule has 0 spiro atoms. The Morgan fingerprint density at radius 2 is 2.00 bits per heavy atom. The van der Waals surface area contributed by atoms with Gasteiger partial charge < -0.3 is 38.9 Å². The summed E-state index contributed by atoms with van der Waals surface area (Å²) in [6.07, 6.45) is -6.52. The number of phosphoric acid groups is 1. The van der Waals surface area contributed by atoms with Crippen LogP contribution >= 0.6 is 7.82 Å². The predicted octanol–water partition coefficient (Wildman–Crippen LogP) is -4.29. The molecule has 1 saturated heterocycles. The van der Waals surface area contributed by atoms with E-state index < -0.39 is 56.1 Å². The van der Waals surface area contributed by atoms with Crippen LogP contribution in [0.25, 0.3) is 0 Å². The number of aliphatic hydroxyl groups is 2. The summed E-state index contributed by atoms with van der Waals surface area (Å²) in [5.74, 6) is -0.843. The first-order chi connectivity index (χ1) is 10.1. The van der Waals surface area contributed by atoms with E-state index in [-0.39, 0.29) is 0 Å². The Morgan fingerprint density at radius 1 is 1.36 bits per heavy atom. The van der Waals surface area contributed by atoms with E-state index in [9.17, 15) is 39.3 Å². The van der Waals surface area contributed by atoms with Crippen molar-refractivity contribution in [3.8, 4) is 5.88 Å². The normalized spacial score (nSPS) is 28.9. The second-order valence-electron chi connectivity index (χ2n) is 4.46. The van der Waals surface area contributed by atoms with Crippen molar-refractivity contribution in [2.45, 2.75) is 24.5 Å². The third kappa shape index (κ3) is 3.44. The van der Waals surface area contributed by atoms with Crippen molar-refractivity contribution in [3.63, 3.8) is 0 Å². The van der Waals surface area contributed by atoms with Crippen molar-refractivity contribution in [1.29, 1.82) is 0 Å². The number of nitrogens with zero attached hydrogens (tertiary/aromatic N) is 1. The van der Waals surface area contributed by atoms with Crippen LogP contribution in [0.15, 0.2) is 15.7 Å². The molecule has 1 aromatic heterocycles. The van der Waals surface area contributed by atoms with Crippen molar-refractivity contribution in [2.75, 3.05) is 6.61 Å². The summed E-state index contributed by atoms with van der Waals surface area (Å²) in [7, 11) is -5.32. The molecule has 124 valence electrons. The molecule has 1 aliphatic heterocycles. The van der Waals surface area contributed by atoms with E-state index in [0.29, 0.717) is 10.6 Å². The molecule has 0 saturated carbocycles. The lowest BCUT2D eigenvalue weighted by Crippen LogP contribution is -2.38. The largest absolute Gasteiger partial charge is 0.790 e. The summed E-state index contributed by atoms with van der Waals surface area (Å²) in [6, 6.07) is 0.636. The number of H-pyrrole nitrogens is 1. The van der Waals surface area contributed by atoms with E-state index in [4.69, 9.17) is 4.74 Å². The fraction of sp³-hybridized carbons (Fsp3) is 0.556. The highest BCUT2D eigenvalue weighted by Crippen LogP contribution is 2.33. The molecule has 13 heteroatoms. The number of aromatic nitrogens is 2. The monoisotopic (exact) mass is 338 g/mol. The van der Waals surface area contributed by atoms with Crippen molar-refractivity contribution in [1.82, 2.24) is 9.55 Å². The molecule has 1 aliphatic rings. The molecule has 12 nitrogen and oxygen atoms in total. The number of hydrogen-bond donors (Lipinski definition) is 4. The lowest BCUT2D eigenvalue weighted by Gasteiger charge is -2.30. The molecule has 2 heterocycles. The SMILES string of the molecule is O=c1cc(O)n([C@@H]2O[C@@H](COP(=O)([O-])[O-])[C@H](O)[C@H]2O)c(=O)[nH]1. The van der Waals surface area contributed by atoms with Crippen LogP contribution < -0.4 is 21.0 Å². The number of aromatic hydroxyl groups is 1. The van der Waals surface area contributed by atoms with Gasteiger partial charge in [0.15, 0.2) is 6.23 Å². The van der Waals surface area contributed by atoms with Gasteiger partial charge in [0.25, 0.3) is 5.56 Å². The molecule has 2 rings (SSSR count). The van der Waals surface area contributed by atoms with Crippen molar-refractivity contribution in [3.05, 3.63) is 26.9 Å². The number of nitrogens with one attached hydrogen (secondary N) is 1. The molecule has 0 unspecified atom stereocenters. The van der Waals surface area contributed by atoms with Crippen LogP contribution in [0.5, 0.6) is 5.88 Å². The average Bonchev–Trinajstić information content (AvgIpc) is 2.63. The van der Waals surface area contributed by atoms with E-state index in [0.717, 1.165) is 0 Å². The highest BCUT2D eigenvalue weighted by atomic mass is 31.2. The first-order valence-electron chi connectivity index (χ1n) is 5.83. The van der Waals surface area contributed by atoms with Crippen LogP contribution in [0.2, 0.25) is 0 Å². The summed E-state index contributed by atoms with van der Waals surface area (Å²) < 4.78 is 19.8. The van der Waals surface area contributed by atoms with Gasteiger partial charge in [0, 0.05) is 0 Å². The summed E-state index contributed by atoms with van der Waals surface area (Å²) in [5, 5.41) is 29.1. The van der Waals surface area contributed by atoms with Gasteiger partial charge in [0.2, 0.25) is 5.88 Å². The van der Waals surface area contributed by atoms with Gasteiger partial charge in [0.1, 0.15) is 18.3 Å². The predicted molar refractivity (Wildman–Crippen MR) is 62.5 cm³/mol. The third-order valence-electron chi connectivity index (χ3n) is 2.94. The van der Waals surface area contributed by atoms with Crippen molar-refractivity contribution >= 4 is 7.82 Å². The van der Waals surface area contributed by atoms with Crippen LogP contribution in [0, 0.1) is 0 Å². The quantitative estimate of drug-likeness (QED) is 0.390. The number of rotatable bonds is 4. The molecule has 22 heavy (non-hydrogen) atoms. The molecule has 0 aromatic carbocycles. The lowest BCUT2D eigenvalue weighted by molar-refractivity contribution is -0.343. The van der Waals surface area contributed by atoms with E-state index in [1.54, 1.807) is 4.98 Å². The van der Waals surface area contributed by atoms with Crippen LogP contribution in [-0.2, 0) is 13.8 Å². The maximum Gasteiger partial charge on any atom is 0.333 e. The topological polar surface area (TPSA) is 197 Å². The summed E-state index contributed by atoms with van der Waals surface area (Å²) in [5.41, 5.74) is -2.02. The highest BCUT2D eigenvalue weighted by molar-refractivity contribution is 7.43. The minimum Gasteiger partial charge on any atom is -0.790 e. The molecule has 0 radical (unpaired) electrons. The van der Waals surface area contributed by atoms with Crippen LogP contribution in [0.1, 0.15) is 6.23 Å². The standard InChI is InChI=1S/C9H13N2O10P/c12-4-1-5(13)11(9(16)10-4)8-7(15)6(14)3(21-8)2-20-22(17,18)19/h1,3,6-8,13-15H,2H2,(H,10,12,16)(H2,17,18,19)/p-2/t3-,6-,7+,8+/m0/s1.